The summed E-state index contributed by atoms with van der Waals surface area (Å²) in [4.78, 5) is 2.48. The van der Waals surface area contributed by atoms with Crippen molar-refractivity contribution in [3.05, 3.63) is 72.4 Å². The third kappa shape index (κ3) is 6.04. The molecule has 118 valence electrons. The number of rotatable bonds is 6. The van der Waals surface area contributed by atoms with Crippen LogP contribution in [0, 0.1) is 12.3 Å². The Morgan fingerprint density at radius 1 is 1.13 bits per heavy atom. The Morgan fingerprint density at radius 2 is 1.87 bits per heavy atom. The smallest absolute Gasteiger partial charge is 0.0366 e. The molecule has 1 aliphatic heterocycles. The highest BCUT2D eigenvalue weighted by molar-refractivity contribution is 5.57. The van der Waals surface area contributed by atoms with Crippen LogP contribution in [0.15, 0.2) is 66.8 Å². The van der Waals surface area contributed by atoms with E-state index in [1.54, 1.807) is 6.08 Å². The van der Waals surface area contributed by atoms with E-state index in [4.69, 9.17) is 6.42 Å². The molecule has 0 N–H and O–H groups in total. The van der Waals surface area contributed by atoms with Crippen LogP contribution >= 0.6 is 0 Å². The zero-order chi connectivity index (χ0) is 16.3. The van der Waals surface area contributed by atoms with Gasteiger partial charge in [-0.3, -0.25) is 0 Å². The Balaban J connectivity index is 1.85. The number of piperidine rings is 1. The molecular formula is C22H25N. The Morgan fingerprint density at radius 3 is 2.57 bits per heavy atom. The first-order chi connectivity index (χ1) is 11.3. The fourth-order valence-electron chi connectivity index (χ4n) is 2.64. The molecule has 1 aromatic carbocycles. The van der Waals surface area contributed by atoms with E-state index < -0.39 is 0 Å². The number of hydrogen-bond donors (Lipinski definition) is 0. The minimum Gasteiger partial charge on any atom is -0.372 e. The van der Waals surface area contributed by atoms with Crippen molar-refractivity contribution < 1.29 is 0 Å². The van der Waals surface area contributed by atoms with E-state index in [0.717, 1.165) is 12.0 Å². The van der Waals surface area contributed by atoms with Gasteiger partial charge in [0.15, 0.2) is 0 Å². The molecule has 1 heterocycles. The Hall–Kier alpha value is -2.46. The zero-order valence-electron chi connectivity index (χ0n) is 13.7. The van der Waals surface area contributed by atoms with Crippen LogP contribution in [0.5, 0.6) is 0 Å². The van der Waals surface area contributed by atoms with Crippen LogP contribution in [-0.4, -0.2) is 13.1 Å². The van der Waals surface area contributed by atoms with Gasteiger partial charge in [-0.25, -0.2) is 0 Å². The maximum atomic E-state index is 5.14. The predicted molar refractivity (Wildman–Crippen MR) is 102 cm³/mol. The molecule has 1 saturated heterocycles. The van der Waals surface area contributed by atoms with E-state index in [9.17, 15) is 0 Å². The van der Waals surface area contributed by atoms with E-state index in [2.05, 4.69) is 59.9 Å². The van der Waals surface area contributed by atoms with Gasteiger partial charge in [0, 0.05) is 18.8 Å². The summed E-state index contributed by atoms with van der Waals surface area (Å²) >= 11 is 0. The first-order valence-electron chi connectivity index (χ1n) is 8.28. The molecule has 1 aromatic rings. The predicted octanol–water partition coefficient (Wildman–Crippen LogP) is 5.38. The average molecular weight is 303 g/mol. The maximum absolute atomic E-state index is 5.14. The van der Waals surface area contributed by atoms with Crippen LogP contribution in [0.25, 0.3) is 6.08 Å². The average Bonchev–Trinajstić information content (AvgIpc) is 2.61. The number of hydrogen-bond acceptors (Lipinski definition) is 1. The highest BCUT2D eigenvalue weighted by Crippen LogP contribution is 2.20. The highest BCUT2D eigenvalue weighted by Gasteiger charge is 2.09. The molecule has 0 atom stereocenters. The topological polar surface area (TPSA) is 3.24 Å². The van der Waals surface area contributed by atoms with Gasteiger partial charge in [-0.15, -0.1) is 6.42 Å². The van der Waals surface area contributed by atoms with E-state index in [0.29, 0.717) is 0 Å². The van der Waals surface area contributed by atoms with Crippen molar-refractivity contribution in [1.82, 2.24) is 0 Å². The van der Waals surface area contributed by atoms with Crippen molar-refractivity contribution in [2.45, 2.75) is 25.7 Å². The molecule has 1 aliphatic rings. The van der Waals surface area contributed by atoms with Crippen molar-refractivity contribution in [1.29, 1.82) is 0 Å². The second-order valence-corrected chi connectivity index (χ2v) is 5.79. The molecule has 0 unspecified atom stereocenters. The Labute approximate surface area is 140 Å². The van der Waals surface area contributed by atoms with Gasteiger partial charge in [0.25, 0.3) is 0 Å². The van der Waals surface area contributed by atoms with Crippen molar-refractivity contribution in [2.75, 3.05) is 18.0 Å². The molecule has 0 saturated carbocycles. The largest absolute Gasteiger partial charge is 0.372 e. The first kappa shape index (κ1) is 16.9. The molecule has 0 aromatic heterocycles. The lowest BCUT2D eigenvalue weighted by molar-refractivity contribution is 0.578. The van der Waals surface area contributed by atoms with Crippen LogP contribution in [-0.2, 0) is 0 Å². The summed E-state index contributed by atoms with van der Waals surface area (Å²) in [6, 6.07) is 8.80. The van der Waals surface area contributed by atoms with Crippen molar-refractivity contribution in [3.63, 3.8) is 0 Å². The number of anilines is 1. The van der Waals surface area contributed by atoms with E-state index in [1.807, 2.05) is 12.2 Å². The fraction of sp³-hybridized carbons (Fsp3) is 0.273. The SMILES string of the molecule is C#C/C=C\C=C/CC(=C)/C=C/c1ccc(N2CCCCC2)cc1. The summed E-state index contributed by atoms with van der Waals surface area (Å²) < 4.78 is 0. The minimum absolute atomic E-state index is 0.831. The molecule has 2 rings (SSSR count). The third-order valence-corrected chi connectivity index (χ3v) is 3.95. The monoisotopic (exact) mass is 303 g/mol. The highest BCUT2D eigenvalue weighted by atomic mass is 15.1. The minimum atomic E-state index is 0.831. The molecule has 1 fully saturated rings. The summed E-state index contributed by atoms with van der Waals surface area (Å²) in [6.07, 6.45) is 21.7. The van der Waals surface area contributed by atoms with Gasteiger partial charge in [-0.2, -0.15) is 0 Å². The van der Waals surface area contributed by atoms with Gasteiger partial charge in [0.2, 0.25) is 0 Å². The Bertz CT molecular complexity index is 617. The lowest BCUT2D eigenvalue weighted by Crippen LogP contribution is -2.29. The van der Waals surface area contributed by atoms with Gasteiger partial charge in [-0.05, 0) is 49.5 Å². The summed E-state index contributed by atoms with van der Waals surface area (Å²) in [5.74, 6) is 2.46. The fourth-order valence-corrected chi connectivity index (χ4v) is 2.64. The molecule has 1 heteroatoms. The summed E-state index contributed by atoms with van der Waals surface area (Å²) in [6.45, 7) is 6.44. The molecule has 0 spiro atoms. The Kier molecular flexibility index (Phi) is 7.01. The first-order valence-corrected chi connectivity index (χ1v) is 8.28. The van der Waals surface area contributed by atoms with Crippen LogP contribution in [0.1, 0.15) is 31.2 Å². The second kappa shape index (κ2) is 9.54. The summed E-state index contributed by atoms with van der Waals surface area (Å²) in [5, 5.41) is 0. The van der Waals surface area contributed by atoms with Gasteiger partial charge in [0.1, 0.15) is 0 Å². The van der Waals surface area contributed by atoms with Crippen LogP contribution in [0.3, 0.4) is 0 Å². The molecule has 0 aliphatic carbocycles. The van der Waals surface area contributed by atoms with Gasteiger partial charge in [-0.1, -0.05) is 60.6 Å². The molecule has 0 radical (unpaired) electrons. The van der Waals surface area contributed by atoms with Crippen LogP contribution < -0.4 is 4.90 Å². The molecular weight excluding hydrogens is 278 g/mol. The lowest BCUT2D eigenvalue weighted by Gasteiger charge is -2.28. The number of allylic oxidation sites excluding steroid dienone is 6. The normalized spacial score (nSPS) is 15.5. The summed E-state index contributed by atoms with van der Waals surface area (Å²) in [5.41, 5.74) is 3.63. The zero-order valence-corrected chi connectivity index (χ0v) is 13.7. The molecule has 0 bridgehead atoms. The van der Waals surface area contributed by atoms with Crippen molar-refractivity contribution in [3.8, 4) is 12.3 Å². The quantitative estimate of drug-likeness (QED) is 0.503. The van der Waals surface area contributed by atoms with E-state index >= 15 is 0 Å². The van der Waals surface area contributed by atoms with Crippen molar-refractivity contribution >= 4 is 11.8 Å². The number of nitrogens with zero attached hydrogens (tertiary/aromatic N) is 1. The summed E-state index contributed by atoms with van der Waals surface area (Å²) in [7, 11) is 0. The van der Waals surface area contributed by atoms with Crippen molar-refractivity contribution in [2.24, 2.45) is 0 Å². The molecule has 0 amide bonds. The molecule has 1 nitrogen and oxygen atoms in total. The molecule has 23 heavy (non-hydrogen) atoms. The van der Waals surface area contributed by atoms with E-state index in [1.165, 1.54) is 43.6 Å². The van der Waals surface area contributed by atoms with Gasteiger partial charge < -0.3 is 4.90 Å². The van der Waals surface area contributed by atoms with Gasteiger partial charge in [0.05, 0.1) is 0 Å². The second-order valence-electron chi connectivity index (χ2n) is 5.79. The van der Waals surface area contributed by atoms with Crippen LogP contribution in [0.4, 0.5) is 5.69 Å². The van der Waals surface area contributed by atoms with Gasteiger partial charge >= 0.3 is 0 Å². The third-order valence-electron chi connectivity index (χ3n) is 3.95. The standard InChI is InChI=1S/C22H25N/c1-3-4-5-6-8-11-20(2)12-13-21-14-16-22(17-15-21)23-18-9-7-10-19-23/h1,4-6,8,12-17H,2,7,9-11,18-19H2/b5-4-,8-6-,13-12+. The maximum Gasteiger partial charge on any atom is 0.0366 e. The van der Waals surface area contributed by atoms with E-state index in [-0.39, 0.29) is 0 Å². The van der Waals surface area contributed by atoms with Crippen LogP contribution in [0.2, 0.25) is 0 Å². The lowest BCUT2D eigenvalue weighted by atomic mass is 10.1. The number of benzene rings is 1. The number of terminal acetylenes is 1.